The van der Waals surface area contributed by atoms with Crippen LogP contribution < -0.4 is 0 Å². The van der Waals surface area contributed by atoms with Gasteiger partial charge in [0.05, 0.1) is 17.1 Å². The first kappa shape index (κ1) is 11.7. The number of hydrogen-bond donors (Lipinski definition) is 1. The lowest BCUT2D eigenvalue weighted by molar-refractivity contribution is 0.0996. The molecule has 1 aromatic heterocycles. The zero-order chi connectivity index (χ0) is 12.7. The normalized spacial score (nSPS) is 23.9. The van der Waals surface area contributed by atoms with Gasteiger partial charge in [0, 0.05) is 12.5 Å². The molecule has 0 saturated carbocycles. The molecule has 2 unspecified atom stereocenters. The smallest absolute Gasteiger partial charge is 0.113 e. The summed E-state index contributed by atoms with van der Waals surface area (Å²) in [5, 5.41) is 0. The molecular formula is C15H20N2O. The summed E-state index contributed by atoms with van der Waals surface area (Å²) < 4.78 is 5.76. The Morgan fingerprint density at radius 2 is 2.22 bits per heavy atom. The van der Waals surface area contributed by atoms with Crippen molar-refractivity contribution < 1.29 is 4.74 Å². The molecule has 0 amide bonds. The van der Waals surface area contributed by atoms with Crippen LogP contribution in [0.1, 0.15) is 42.6 Å². The third-order valence-corrected chi connectivity index (χ3v) is 3.90. The topological polar surface area (TPSA) is 37.9 Å². The van der Waals surface area contributed by atoms with Gasteiger partial charge in [-0.05, 0) is 43.9 Å². The molecule has 3 heteroatoms. The average molecular weight is 244 g/mol. The van der Waals surface area contributed by atoms with E-state index in [2.05, 4.69) is 37.9 Å². The van der Waals surface area contributed by atoms with Gasteiger partial charge in [-0.15, -0.1) is 0 Å². The van der Waals surface area contributed by atoms with E-state index in [1.807, 2.05) is 0 Å². The average Bonchev–Trinajstić information content (AvgIpc) is 2.92. The summed E-state index contributed by atoms with van der Waals surface area (Å²) in [6.45, 7) is 7.29. The van der Waals surface area contributed by atoms with Crippen LogP contribution in [-0.4, -0.2) is 22.7 Å². The number of nitrogens with one attached hydrogen (secondary N) is 1. The minimum absolute atomic E-state index is 0.326. The summed E-state index contributed by atoms with van der Waals surface area (Å²) in [5.74, 6) is 1.53. The van der Waals surface area contributed by atoms with Crippen LogP contribution in [0.3, 0.4) is 0 Å². The molecule has 1 N–H and O–H groups in total. The van der Waals surface area contributed by atoms with Crippen LogP contribution in [0.15, 0.2) is 12.1 Å². The second kappa shape index (κ2) is 4.39. The largest absolute Gasteiger partial charge is 0.377 e. The van der Waals surface area contributed by atoms with Crippen molar-refractivity contribution in [2.24, 2.45) is 0 Å². The maximum Gasteiger partial charge on any atom is 0.113 e. The van der Waals surface area contributed by atoms with Gasteiger partial charge in [-0.25, -0.2) is 4.98 Å². The lowest BCUT2D eigenvalue weighted by atomic mass is 9.99. The predicted octanol–water partition coefficient (Wildman–Crippen LogP) is 3.46. The molecule has 1 aliphatic rings. The van der Waals surface area contributed by atoms with Gasteiger partial charge >= 0.3 is 0 Å². The number of ether oxygens (including phenoxy) is 1. The summed E-state index contributed by atoms with van der Waals surface area (Å²) in [4.78, 5) is 8.29. The number of hydrogen-bond acceptors (Lipinski definition) is 2. The summed E-state index contributed by atoms with van der Waals surface area (Å²) in [6, 6.07) is 4.37. The molecule has 96 valence electrons. The van der Waals surface area contributed by atoms with Crippen molar-refractivity contribution in [3.05, 3.63) is 29.1 Å². The number of H-pyrrole nitrogens is 1. The Morgan fingerprint density at radius 3 is 3.00 bits per heavy atom. The number of benzene rings is 1. The number of aryl methyl sites for hydroxylation is 2. The van der Waals surface area contributed by atoms with Crippen molar-refractivity contribution in [1.29, 1.82) is 0 Å². The Labute approximate surface area is 108 Å². The SMILES string of the molecule is CCC1OCCC1c1nc2c(C)cc(C)cc2[nH]1. The summed E-state index contributed by atoms with van der Waals surface area (Å²) in [5.41, 5.74) is 4.80. The fourth-order valence-corrected chi connectivity index (χ4v) is 3.03. The van der Waals surface area contributed by atoms with Gasteiger partial charge in [0.2, 0.25) is 0 Å². The van der Waals surface area contributed by atoms with Crippen LogP contribution in [0.2, 0.25) is 0 Å². The van der Waals surface area contributed by atoms with E-state index in [9.17, 15) is 0 Å². The third-order valence-electron chi connectivity index (χ3n) is 3.90. The van der Waals surface area contributed by atoms with Crippen LogP contribution >= 0.6 is 0 Å². The van der Waals surface area contributed by atoms with E-state index in [0.29, 0.717) is 12.0 Å². The highest BCUT2D eigenvalue weighted by atomic mass is 16.5. The molecule has 3 rings (SSSR count). The third kappa shape index (κ3) is 1.83. The van der Waals surface area contributed by atoms with Crippen molar-refractivity contribution >= 4 is 11.0 Å². The minimum Gasteiger partial charge on any atom is -0.377 e. The van der Waals surface area contributed by atoms with E-state index >= 15 is 0 Å². The zero-order valence-electron chi connectivity index (χ0n) is 11.3. The van der Waals surface area contributed by atoms with Gasteiger partial charge in [-0.1, -0.05) is 13.0 Å². The van der Waals surface area contributed by atoms with Gasteiger partial charge in [-0.2, -0.15) is 0 Å². The minimum atomic E-state index is 0.326. The lowest BCUT2D eigenvalue weighted by Crippen LogP contribution is -2.14. The molecule has 0 radical (unpaired) electrons. The zero-order valence-corrected chi connectivity index (χ0v) is 11.3. The van der Waals surface area contributed by atoms with E-state index < -0.39 is 0 Å². The van der Waals surface area contributed by atoms with Gasteiger partial charge < -0.3 is 9.72 Å². The number of imidazole rings is 1. The number of fused-ring (bicyclic) bond motifs is 1. The van der Waals surface area contributed by atoms with E-state index in [-0.39, 0.29) is 0 Å². The fourth-order valence-electron chi connectivity index (χ4n) is 3.03. The standard InChI is InChI=1S/C15H20N2O/c1-4-13-11(5-6-18-13)15-16-12-8-9(2)7-10(3)14(12)17-15/h7-8,11,13H,4-6H2,1-3H3,(H,16,17). The van der Waals surface area contributed by atoms with E-state index in [0.717, 1.165) is 36.3 Å². The highest BCUT2D eigenvalue weighted by Gasteiger charge is 2.30. The summed E-state index contributed by atoms with van der Waals surface area (Å²) in [7, 11) is 0. The van der Waals surface area contributed by atoms with Crippen LogP contribution in [-0.2, 0) is 4.74 Å². The molecule has 18 heavy (non-hydrogen) atoms. The Bertz CT molecular complexity index is 573. The maximum absolute atomic E-state index is 5.76. The second-order valence-electron chi connectivity index (χ2n) is 5.31. The Balaban J connectivity index is 2.05. The molecule has 2 heterocycles. The molecule has 3 nitrogen and oxygen atoms in total. The maximum atomic E-state index is 5.76. The molecule has 1 fully saturated rings. The lowest BCUT2D eigenvalue weighted by Gasteiger charge is -2.13. The molecule has 2 aromatic rings. The van der Waals surface area contributed by atoms with E-state index in [4.69, 9.17) is 9.72 Å². The first-order valence-electron chi connectivity index (χ1n) is 6.77. The van der Waals surface area contributed by atoms with Crippen LogP contribution in [0.25, 0.3) is 11.0 Å². The molecule has 1 aromatic carbocycles. The molecule has 2 atom stereocenters. The van der Waals surface area contributed by atoms with Crippen LogP contribution in [0, 0.1) is 13.8 Å². The van der Waals surface area contributed by atoms with Crippen molar-refractivity contribution in [3.8, 4) is 0 Å². The highest BCUT2D eigenvalue weighted by molar-refractivity contribution is 5.79. The molecule has 1 aliphatic heterocycles. The summed E-state index contributed by atoms with van der Waals surface area (Å²) >= 11 is 0. The second-order valence-corrected chi connectivity index (χ2v) is 5.31. The van der Waals surface area contributed by atoms with Gasteiger partial charge in [0.1, 0.15) is 5.82 Å². The Kier molecular flexibility index (Phi) is 2.86. The van der Waals surface area contributed by atoms with E-state index in [1.165, 1.54) is 11.1 Å². The Hall–Kier alpha value is -1.35. The van der Waals surface area contributed by atoms with Crippen molar-refractivity contribution in [2.75, 3.05) is 6.61 Å². The highest BCUT2D eigenvalue weighted by Crippen LogP contribution is 2.33. The quantitative estimate of drug-likeness (QED) is 0.878. The van der Waals surface area contributed by atoms with Gasteiger partial charge in [0.25, 0.3) is 0 Å². The first-order valence-corrected chi connectivity index (χ1v) is 6.77. The van der Waals surface area contributed by atoms with Crippen molar-refractivity contribution in [1.82, 2.24) is 9.97 Å². The molecule has 0 aliphatic carbocycles. The summed E-state index contributed by atoms with van der Waals surface area (Å²) in [6.07, 6.45) is 2.46. The number of rotatable bonds is 2. The molecule has 1 saturated heterocycles. The molecule has 0 bridgehead atoms. The fraction of sp³-hybridized carbons (Fsp3) is 0.533. The van der Waals surface area contributed by atoms with Crippen molar-refractivity contribution in [2.45, 2.75) is 45.6 Å². The molecule has 0 spiro atoms. The van der Waals surface area contributed by atoms with Crippen LogP contribution in [0.4, 0.5) is 0 Å². The first-order chi connectivity index (χ1) is 8.69. The van der Waals surface area contributed by atoms with Crippen molar-refractivity contribution in [3.63, 3.8) is 0 Å². The van der Waals surface area contributed by atoms with E-state index in [1.54, 1.807) is 0 Å². The Morgan fingerprint density at radius 1 is 1.39 bits per heavy atom. The molecular weight excluding hydrogens is 224 g/mol. The van der Waals surface area contributed by atoms with Crippen LogP contribution in [0.5, 0.6) is 0 Å². The van der Waals surface area contributed by atoms with Gasteiger partial charge in [-0.3, -0.25) is 0 Å². The monoisotopic (exact) mass is 244 g/mol. The van der Waals surface area contributed by atoms with Gasteiger partial charge in [0.15, 0.2) is 0 Å². The number of nitrogens with zero attached hydrogens (tertiary/aromatic N) is 1. The number of aromatic amines is 1. The predicted molar refractivity (Wildman–Crippen MR) is 73.0 cm³/mol. The number of aromatic nitrogens is 2.